The quantitative estimate of drug-likeness (QED) is 0.753. The van der Waals surface area contributed by atoms with Crippen LogP contribution in [0.1, 0.15) is 31.9 Å². The fourth-order valence-corrected chi connectivity index (χ4v) is 2.18. The van der Waals surface area contributed by atoms with Crippen molar-refractivity contribution < 1.29 is 18.0 Å². The summed E-state index contributed by atoms with van der Waals surface area (Å²) in [6, 6.07) is 10.4. The van der Waals surface area contributed by atoms with Gasteiger partial charge in [0, 0.05) is 16.7 Å². The minimum Gasteiger partial charge on any atom is -0.325 e. The molecule has 0 aliphatic carbocycles. The van der Waals surface area contributed by atoms with E-state index >= 15 is 0 Å². The Morgan fingerprint density at radius 1 is 1.00 bits per heavy atom. The molecule has 0 heterocycles. The molecule has 0 aliphatic rings. The van der Waals surface area contributed by atoms with Gasteiger partial charge in [-0.2, -0.15) is 13.2 Å². The third-order valence-electron chi connectivity index (χ3n) is 3.61. The molecule has 0 saturated carbocycles. The number of carbonyl (C=O) groups is 1. The molecule has 2 aromatic rings. The summed E-state index contributed by atoms with van der Waals surface area (Å²) in [5.74, 6) is -0.195. The van der Waals surface area contributed by atoms with E-state index < -0.39 is 17.2 Å². The van der Waals surface area contributed by atoms with Gasteiger partial charge in [0.2, 0.25) is 5.91 Å². The monoisotopic (exact) mass is 335 g/mol. The van der Waals surface area contributed by atoms with Crippen molar-refractivity contribution in [3.05, 3.63) is 53.6 Å². The van der Waals surface area contributed by atoms with Gasteiger partial charge in [-0.15, -0.1) is 0 Å². The van der Waals surface area contributed by atoms with Crippen molar-refractivity contribution in [3.63, 3.8) is 0 Å². The molecule has 0 aromatic heterocycles. The molecule has 0 radical (unpaired) electrons. The predicted molar refractivity (Wildman–Crippen MR) is 89.7 cm³/mol. The summed E-state index contributed by atoms with van der Waals surface area (Å²) in [6.07, 6.45) is -4.41. The highest BCUT2D eigenvalue weighted by atomic mass is 19.4. The number of nitrogens with one attached hydrogen (secondary N) is 1. The van der Waals surface area contributed by atoms with Crippen LogP contribution in [0.5, 0.6) is 0 Å². The highest BCUT2D eigenvalue weighted by Gasteiger charge is 2.30. The Kier molecular flexibility index (Phi) is 4.74. The Morgan fingerprint density at radius 2 is 1.67 bits per heavy atom. The van der Waals surface area contributed by atoms with Crippen molar-refractivity contribution in [1.29, 1.82) is 0 Å². The molecule has 5 heteroatoms. The van der Waals surface area contributed by atoms with Gasteiger partial charge in [-0.1, -0.05) is 44.5 Å². The first-order valence-electron chi connectivity index (χ1n) is 7.58. The fraction of sp³-hybridized carbons (Fsp3) is 0.316. The van der Waals surface area contributed by atoms with Gasteiger partial charge in [0.15, 0.2) is 0 Å². The van der Waals surface area contributed by atoms with Crippen LogP contribution >= 0.6 is 0 Å². The molecule has 0 fully saturated rings. The van der Waals surface area contributed by atoms with Crippen molar-refractivity contribution in [2.24, 2.45) is 5.41 Å². The lowest BCUT2D eigenvalue weighted by Crippen LogP contribution is -2.27. The van der Waals surface area contributed by atoms with Crippen molar-refractivity contribution in [2.45, 2.75) is 33.9 Å². The van der Waals surface area contributed by atoms with E-state index in [1.54, 1.807) is 39.0 Å². The Balaban J connectivity index is 2.51. The van der Waals surface area contributed by atoms with Crippen molar-refractivity contribution >= 4 is 11.6 Å². The Bertz CT molecular complexity index is 758. The molecule has 0 atom stereocenters. The number of anilines is 1. The number of aryl methyl sites for hydroxylation is 1. The van der Waals surface area contributed by atoms with Gasteiger partial charge < -0.3 is 5.32 Å². The molecule has 1 N–H and O–H groups in total. The number of carbonyl (C=O) groups excluding carboxylic acids is 1. The first-order valence-corrected chi connectivity index (χ1v) is 7.58. The number of benzene rings is 2. The normalized spacial score (nSPS) is 12.1. The average molecular weight is 335 g/mol. The van der Waals surface area contributed by atoms with Crippen LogP contribution in [0.4, 0.5) is 18.9 Å². The Morgan fingerprint density at radius 3 is 2.25 bits per heavy atom. The fourth-order valence-electron chi connectivity index (χ4n) is 2.18. The van der Waals surface area contributed by atoms with Crippen LogP contribution in [0.25, 0.3) is 11.1 Å². The second-order valence-electron chi connectivity index (χ2n) is 6.83. The van der Waals surface area contributed by atoms with Crippen LogP contribution < -0.4 is 5.32 Å². The molecule has 2 aromatic carbocycles. The molecular weight excluding hydrogens is 315 g/mol. The molecule has 1 amide bonds. The SMILES string of the molecule is Cc1ccc(NC(=O)C(C)(C)C)c(-c2cccc(C(F)(F)F)c2)c1. The summed E-state index contributed by atoms with van der Waals surface area (Å²) in [5.41, 5.74) is 1.07. The molecule has 0 saturated heterocycles. The third kappa shape index (κ3) is 4.16. The zero-order valence-electron chi connectivity index (χ0n) is 14.1. The summed E-state index contributed by atoms with van der Waals surface area (Å²) < 4.78 is 38.9. The zero-order valence-corrected chi connectivity index (χ0v) is 14.1. The lowest BCUT2D eigenvalue weighted by atomic mass is 9.94. The third-order valence-corrected chi connectivity index (χ3v) is 3.61. The second kappa shape index (κ2) is 6.30. The van der Waals surface area contributed by atoms with Crippen molar-refractivity contribution in [1.82, 2.24) is 0 Å². The van der Waals surface area contributed by atoms with Gasteiger partial charge >= 0.3 is 6.18 Å². The molecule has 2 nitrogen and oxygen atoms in total. The van der Waals surface area contributed by atoms with Gasteiger partial charge in [0.05, 0.1) is 5.56 Å². The number of rotatable bonds is 2. The molecule has 0 aliphatic heterocycles. The average Bonchev–Trinajstić information content (AvgIpc) is 2.47. The second-order valence-corrected chi connectivity index (χ2v) is 6.83. The lowest BCUT2D eigenvalue weighted by molar-refractivity contribution is -0.137. The molecule has 2 rings (SSSR count). The minimum absolute atomic E-state index is 0.195. The van der Waals surface area contributed by atoms with Gasteiger partial charge in [0.1, 0.15) is 0 Å². The van der Waals surface area contributed by atoms with E-state index in [-0.39, 0.29) is 5.91 Å². The first-order chi connectivity index (χ1) is 11.0. The number of amides is 1. The Hall–Kier alpha value is -2.30. The zero-order chi connectivity index (χ0) is 18.1. The van der Waals surface area contributed by atoms with E-state index in [0.717, 1.165) is 17.7 Å². The maximum absolute atomic E-state index is 13.0. The van der Waals surface area contributed by atoms with Gasteiger partial charge in [-0.25, -0.2) is 0 Å². The summed E-state index contributed by atoms with van der Waals surface area (Å²) in [7, 11) is 0. The van der Waals surface area contributed by atoms with Crippen LogP contribution in [0.2, 0.25) is 0 Å². The largest absolute Gasteiger partial charge is 0.416 e. The Labute approximate surface area is 139 Å². The van der Waals surface area contributed by atoms with E-state index in [9.17, 15) is 18.0 Å². The van der Waals surface area contributed by atoms with Crippen LogP contribution in [0.3, 0.4) is 0 Å². The van der Waals surface area contributed by atoms with Crippen LogP contribution in [0, 0.1) is 12.3 Å². The minimum atomic E-state index is -4.41. The standard InChI is InChI=1S/C19H20F3NO/c1-12-8-9-16(23-17(24)18(2,3)4)15(10-12)13-6-5-7-14(11-13)19(20,21)22/h5-11H,1-4H3,(H,23,24). The van der Waals surface area contributed by atoms with Crippen LogP contribution in [0.15, 0.2) is 42.5 Å². The number of hydrogen-bond acceptors (Lipinski definition) is 1. The maximum Gasteiger partial charge on any atom is 0.416 e. The van der Waals surface area contributed by atoms with Crippen LogP contribution in [-0.2, 0) is 11.0 Å². The summed E-state index contributed by atoms with van der Waals surface area (Å²) in [5, 5.41) is 2.81. The summed E-state index contributed by atoms with van der Waals surface area (Å²) in [6.45, 7) is 7.19. The highest BCUT2D eigenvalue weighted by Crippen LogP contribution is 2.35. The molecule has 128 valence electrons. The molecule has 24 heavy (non-hydrogen) atoms. The van der Waals surface area contributed by atoms with E-state index in [0.29, 0.717) is 16.8 Å². The van der Waals surface area contributed by atoms with E-state index in [4.69, 9.17) is 0 Å². The predicted octanol–water partition coefficient (Wildman–Crippen LogP) is 5.67. The van der Waals surface area contributed by atoms with Crippen LogP contribution in [-0.4, -0.2) is 5.91 Å². The molecule has 0 unspecified atom stereocenters. The molecule has 0 bridgehead atoms. The maximum atomic E-state index is 13.0. The van der Waals surface area contributed by atoms with Gasteiger partial charge in [-0.3, -0.25) is 4.79 Å². The van der Waals surface area contributed by atoms with Crippen molar-refractivity contribution in [3.8, 4) is 11.1 Å². The summed E-state index contributed by atoms with van der Waals surface area (Å²) >= 11 is 0. The number of alkyl halides is 3. The highest BCUT2D eigenvalue weighted by molar-refractivity contribution is 5.98. The topological polar surface area (TPSA) is 29.1 Å². The number of halogens is 3. The van der Waals surface area contributed by atoms with Gasteiger partial charge in [0.25, 0.3) is 0 Å². The molecule has 0 spiro atoms. The van der Waals surface area contributed by atoms with Crippen molar-refractivity contribution in [2.75, 3.05) is 5.32 Å². The first kappa shape index (κ1) is 18.0. The molecular formula is C19H20F3NO. The van der Waals surface area contributed by atoms with E-state index in [2.05, 4.69) is 5.32 Å². The van der Waals surface area contributed by atoms with E-state index in [1.807, 2.05) is 13.0 Å². The smallest absolute Gasteiger partial charge is 0.325 e. The number of hydrogen-bond donors (Lipinski definition) is 1. The van der Waals surface area contributed by atoms with E-state index in [1.165, 1.54) is 6.07 Å². The van der Waals surface area contributed by atoms with Gasteiger partial charge in [-0.05, 0) is 36.8 Å². The lowest BCUT2D eigenvalue weighted by Gasteiger charge is -2.20. The summed E-state index contributed by atoms with van der Waals surface area (Å²) in [4.78, 5) is 12.2.